The Morgan fingerprint density at radius 2 is 2.15 bits per heavy atom. The summed E-state index contributed by atoms with van der Waals surface area (Å²) in [6, 6.07) is 10.3. The summed E-state index contributed by atoms with van der Waals surface area (Å²) in [5, 5.41) is 3.59. The second kappa shape index (κ2) is 6.47. The van der Waals surface area contributed by atoms with E-state index in [0.717, 1.165) is 0 Å². The molecule has 0 bridgehead atoms. The fourth-order valence-electron chi connectivity index (χ4n) is 2.64. The van der Waals surface area contributed by atoms with Gasteiger partial charge in [-0.15, -0.1) is 0 Å². The lowest BCUT2D eigenvalue weighted by atomic mass is 10.3. The fraction of sp³-hybridized carbons (Fsp3) is 0.118. The predicted octanol–water partition coefficient (Wildman–Crippen LogP) is 3.50. The first-order chi connectivity index (χ1) is 12.6. The van der Waals surface area contributed by atoms with Crippen molar-refractivity contribution in [2.75, 3.05) is 12.4 Å². The van der Waals surface area contributed by atoms with Gasteiger partial charge in [0, 0.05) is 0 Å². The number of carbonyl (C=O) groups is 1. The van der Waals surface area contributed by atoms with Crippen molar-refractivity contribution in [2.24, 2.45) is 0 Å². The minimum absolute atomic E-state index is 0.184. The Morgan fingerprint density at radius 1 is 1.35 bits per heavy atom. The van der Waals surface area contributed by atoms with E-state index in [9.17, 15) is 9.59 Å². The summed E-state index contributed by atoms with van der Waals surface area (Å²) < 4.78 is 12.4. The van der Waals surface area contributed by atoms with Gasteiger partial charge in [-0.2, -0.15) is 0 Å². The molecule has 26 heavy (non-hydrogen) atoms. The topological polar surface area (TPSA) is 86.4 Å². The normalized spacial score (nSPS) is 11.2. The molecule has 2 aromatic heterocycles. The molecule has 2 aromatic carbocycles. The Hall–Kier alpha value is -2.84. The van der Waals surface area contributed by atoms with Crippen molar-refractivity contribution >= 4 is 55.3 Å². The standard InChI is InChI=1S/C17H12ClN3O4S/c1-24-12-7-6-9(18)15-14(12)20-16(26-15)19-13(22)8-21-10-4-2-3-5-11(10)25-17(21)23/h2-7H,8H2,1H3,(H,19,20,22). The summed E-state index contributed by atoms with van der Waals surface area (Å²) >= 11 is 7.42. The van der Waals surface area contributed by atoms with Crippen LogP contribution in [0.5, 0.6) is 5.75 Å². The monoisotopic (exact) mass is 389 g/mol. The van der Waals surface area contributed by atoms with Crippen LogP contribution in [-0.4, -0.2) is 22.6 Å². The molecule has 0 spiro atoms. The van der Waals surface area contributed by atoms with E-state index in [1.807, 2.05) is 0 Å². The molecule has 0 aliphatic rings. The van der Waals surface area contributed by atoms with E-state index in [0.29, 0.717) is 37.2 Å². The second-order valence-corrected chi connectivity index (χ2v) is 6.82. The molecule has 132 valence electrons. The van der Waals surface area contributed by atoms with Crippen LogP contribution in [0.2, 0.25) is 5.02 Å². The summed E-state index contributed by atoms with van der Waals surface area (Å²) in [6.07, 6.45) is 0. The van der Waals surface area contributed by atoms with Crippen LogP contribution in [0, 0.1) is 0 Å². The number of para-hydroxylation sites is 2. The molecule has 0 unspecified atom stereocenters. The predicted molar refractivity (Wildman–Crippen MR) is 100 cm³/mol. The van der Waals surface area contributed by atoms with Gasteiger partial charge in [0.2, 0.25) is 5.91 Å². The number of oxazole rings is 1. The fourth-order valence-corrected chi connectivity index (χ4v) is 3.81. The van der Waals surface area contributed by atoms with Gasteiger partial charge in [-0.3, -0.25) is 9.36 Å². The number of rotatable bonds is 4. The molecule has 0 saturated heterocycles. The highest BCUT2D eigenvalue weighted by atomic mass is 35.5. The van der Waals surface area contributed by atoms with Crippen molar-refractivity contribution < 1.29 is 13.9 Å². The number of carbonyl (C=O) groups excluding carboxylic acids is 1. The first kappa shape index (κ1) is 16.6. The molecule has 0 saturated carbocycles. The minimum Gasteiger partial charge on any atom is -0.494 e. The number of fused-ring (bicyclic) bond motifs is 2. The van der Waals surface area contributed by atoms with Crippen molar-refractivity contribution in [2.45, 2.75) is 6.54 Å². The number of halogens is 1. The molecule has 7 nitrogen and oxygen atoms in total. The Morgan fingerprint density at radius 3 is 2.96 bits per heavy atom. The van der Waals surface area contributed by atoms with Crippen molar-refractivity contribution in [1.82, 2.24) is 9.55 Å². The maximum absolute atomic E-state index is 12.4. The van der Waals surface area contributed by atoms with Crippen LogP contribution in [0.15, 0.2) is 45.6 Å². The summed E-state index contributed by atoms with van der Waals surface area (Å²) in [5.41, 5.74) is 1.56. The molecule has 9 heteroatoms. The van der Waals surface area contributed by atoms with Crippen molar-refractivity contribution in [1.29, 1.82) is 0 Å². The molecule has 0 aliphatic carbocycles. The van der Waals surface area contributed by atoms with Crippen LogP contribution in [0.3, 0.4) is 0 Å². The van der Waals surface area contributed by atoms with E-state index in [-0.39, 0.29) is 6.54 Å². The molecule has 2 heterocycles. The number of nitrogens with one attached hydrogen (secondary N) is 1. The molecule has 1 N–H and O–H groups in total. The molecule has 1 amide bonds. The smallest absolute Gasteiger partial charge is 0.420 e. The van der Waals surface area contributed by atoms with E-state index in [2.05, 4.69) is 10.3 Å². The first-order valence-corrected chi connectivity index (χ1v) is 8.77. The van der Waals surface area contributed by atoms with Crippen LogP contribution in [0.4, 0.5) is 5.13 Å². The number of nitrogens with zero attached hydrogens (tertiary/aromatic N) is 2. The summed E-state index contributed by atoms with van der Waals surface area (Å²) in [4.78, 5) is 28.7. The van der Waals surface area contributed by atoms with E-state index in [4.69, 9.17) is 20.8 Å². The van der Waals surface area contributed by atoms with Gasteiger partial charge in [0.1, 0.15) is 17.8 Å². The Balaban J connectivity index is 1.62. The van der Waals surface area contributed by atoms with Crippen LogP contribution < -0.4 is 15.8 Å². The first-order valence-electron chi connectivity index (χ1n) is 7.58. The molecular weight excluding hydrogens is 378 g/mol. The Bertz CT molecular complexity index is 1190. The molecule has 4 rings (SSSR count). The number of aromatic nitrogens is 2. The zero-order valence-corrected chi connectivity index (χ0v) is 15.1. The summed E-state index contributed by atoms with van der Waals surface area (Å²) in [6.45, 7) is -0.184. The minimum atomic E-state index is -0.588. The number of anilines is 1. The van der Waals surface area contributed by atoms with E-state index < -0.39 is 11.7 Å². The van der Waals surface area contributed by atoms with Gasteiger partial charge in [-0.05, 0) is 24.3 Å². The summed E-state index contributed by atoms with van der Waals surface area (Å²) in [7, 11) is 1.54. The quantitative estimate of drug-likeness (QED) is 0.577. The second-order valence-electron chi connectivity index (χ2n) is 5.42. The van der Waals surface area contributed by atoms with Crippen molar-refractivity contribution in [3.63, 3.8) is 0 Å². The van der Waals surface area contributed by atoms with Crippen LogP contribution in [0.1, 0.15) is 0 Å². The highest BCUT2D eigenvalue weighted by Gasteiger charge is 2.16. The van der Waals surface area contributed by atoms with Gasteiger partial charge >= 0.3 is 5.76 Å². The SMILES string of the molecule is COc1ccc(Cl)c2sc(NC(=O)Cn3c(=O)oc4ccccc43)nc12. The Labute approximate surface area is 155 Å². The highest BCUT2D eigenvalue weighted by molar-refractivity contribution is 7.23. The molecule has 0 aliphatic heterocycles. The molecular formula is C17H12ClN3O4S. The van der Waals surface area contributed by atoms with Gasteiger partial charge in [0.25, 0.3) is 0 Å². The van der Waals surface area contributed by atoms with Gasteiger partial charge in [-0.1, -0.05) is 35.1 Å². The molecule has 0 atom stereocenters. The third-order valence-corrected chi connectivity index (χ3v) is 5.23. The molecule has 4 aromatic rings. The zero-order chi connectivity index (χ0) is 18.3. The lowest BCUT2D eigenvalue weighted by Crippen LogP contribution is -2.24. The van der Waals surface area contributed by atoms with Gasteiger partial charge in [-0.25, -0.2) is 9.78 Å². The maximum Gasteiger partial charge on any atom is 0.420 e. The number of ether oxygens (including phenoxy) is 1. The Kier molecular flexibility index (Phi) is 4.14. The number of benzene rings is 2. The van der Waals surface area contributed by atoms with E-state index in [1.54, 1.807) is 36.4 Å². The van der Waals surface area contributed by atoms with E-state index in [1.165, 1.54) is 23.0 Å². The lowest BCUT2D eigenvalue weighted by Gasteiger charge is -2.02. The van der Waals surface area contributed by atoms with Gasteiger partial charge < -0.3 is 14.5 Å². The summed E-state index contributed by atoms with van der Waals surface area (Å²) in [5.74, 6) is -0.415. The van der Waals surface area contributed by atoms with Crippen LogP contribution in [0.25, 0.3) is 21.3 Å². The number of amides is 1. The number of methoxy groups -OCH3 is 1. The van der Waals surface area contributed by atoms with Crippen molar-refractivity contribution in [3.05, 3.63) is 52.0 Å². The average Bonchev–Trinajstić information content (AvgIpc) is 3.17. The maximum atomic E-state index is 12.4. The van der Waals surface area contributed by atoms with E-state index >= 15 is 0 Å². The molecule has 0 fully saturated rings. The van der Waals surface area contributed by atoms with Crippen molar-refractivity contribution in [3.8, 4) is 5.75 Å². The third kappa shape index (κ3) is 2.83. The highest BCUT2D eigenvalue weighted by Crippen LogP contribution is 2.37. The zero-order valence-electron chi connectivity index (χ0n) is 13.5. The molecule has 0 radical (unpaired) electrons. The lowest BCUT2D eigenvalue weighted by molar-refractivity contribution is -0.116. The number of thiazole rings is 1. The van der Waals surface area contributed by atoms with Gasteiger partial charge in [0.05, 0.1) is 22.3 Å². The van der Waals surface area contributed by atoms with Gasteiger partial charge in [0.15, 0.2) is 10.7 Å². The van der Waals surface area contributed by atoms with Crippen LogP contribution >= 0.6 is 22.9 Å². The number of hydrogen-bond donors (Lipinski definition) is 1. The largest absolute Gasteiger partial charge is 0.494 e. The third-order valence-electron chi connectivity index (χ3n) is 3.80. The van der Waals surface area contributed by atoms with Crippen LogP contribution in [-0.2, 0) is 11.3 Å². The average molecular weight is 390 g/mol. The number of hydrogen-bond acceptors (Lipinski definition) is 6.